The number of phenols is 1. The lowest BCUT2D eigenvalue weighted by molar-refractivity contribution is 0.0276. The maximum atomic E-state index is 12.0. The third-order valence-electron chi connectivity index (χ3n) is 3.53. The lowest BCUT2D eigenvalue weighted by atomic mass is 9.89. The number of ether oxygens (including phenoxy) is 2. The second kappa shape index (κ2) is 3.60. The number of esters is 1. The summed E-state index contributed by atoms with van der Waals surface area (Å²) in [6.45, 7) is 0. The second-order valence-electron chi connectivity index (χ2n) is 4.64. The minimum atomic E-state index is -1.04. The van der Waals surface area contributed by atoms with Crippen molar-refractivity contribution in [1.29, 1.82) is 0 Å². The molecule has 0 radical (unpaired) electrons. The maximum Gasteiger partial charge on any atom is 0.341 e. The Labute approximate surface area is 113 Å². The summed E-state index contributed by atoms with van der Waals surface area (Å²) in [6.07, 6.45) is 7.67. The molecule has 2 aromatic rings. The van der Waals surface area contributed by atoms with E-state index in [0.717, 1.165) is 0 Å². The molecule has 2 aliphatic rings. The normalized spacial score (nSPS) is 18.1. The van der Waals surface area contributed by atoms with Gasteiger partial charge in [0.1, 0.15) is 5.75 Å². The zero-order valence-electron chi connectivity index (χ0n) is 10.2. The molecular weight excluding hydrogens is 258 g/mol. The van der Waals surface area contributed by atoms with E-state index in [1.54, 1.807) is 30.4 Å². The Morgan fingerprint density at radius 2 is 2.00 bits per heavy atom. The van der Waals surface area contributed by atoms with Crippen molar-refractivity contribution in [2.24, 2.45) is 0 Å². The number of carbonyl (C=O) groups excluding carboxylic acids is 1. The summed E-state index contributed by atoms with van der Waals surface area (Å²) in [4.78, 5) is 16.2. The van der Waals surface area contributed by atoms with Crippen LogP contribution in [0.1, 0.15) is 15.9 Å². The molecule has 3 heterocycles. The van der Waals surface area contributed by atoms with Crippen molar-refractivity contribution >= 4 is 16.9 Å². The summed E-state index contributed by atoms with van der Waals surface area (Å²) < 4.78 is 10.5. The Bertz CT molecular complexity index is 795. The third kappa shape index (κ3) is 1.26. The number of fused-ring (bicyclic) bond motifs is 4. The average molecular weight is 267 g/mol. The highest BCUT2D eigenvalue weighted by Gasteiger charge is 2.45. The van der Waals surface area contributed by atoms with Gasteiger partial charge in [0.15, 0.2) is 5.60 Å². The summed E-state index contributed by atoms with van der Waals surface area (Å²) >= 11 is 0. The summed E-state index contributed by atoms with van der Waals surface area (Å²) in [6, 6.07) is 5.04. The van der Waals surface area contributed by atoms with Gasteiger partial charge in [-0.25, -0.2) is 4.79 Å². The highest BCUT2D eigenvalue weighted by atomic mass is 16.6. The van der Waals surface area contributed by atoms with E-state index in [0.29, 0.717) is 22.0 Å². The van der Waals surface area contributed by atoms with Gasteiger partial charge in [0.25, 0.3) is 0 Å². The zero-order valence-corrected chi connectivity index (χ0v) is 10.2. The first kappa shape index (κ1) is 11.0. The molecule has 1 N–H and O–H groups in total. The van der Waals surface area contributed by atoms with Gasteiger partial charge in [-0.3, -0.25) is 4.98 Å². The Morgan fingerprint density at radius 3 is 2.80 bits per heavy atom. The molecule has 4 rings (SSSR count). The van der Waals surface area contributed by atoms with Crippen molar-refractivity contribution < 1.29 is 19.4 Å². The van der Waals surface area contributed by atoms with E-state index in [4.69, 9.17) is 9.47 Å². The van der Waals surface area contributed by atoms with E-state index in [1.165, 1.54) is 18.7 Å². The molecule has 0 atom stereocenters. The first-order valence-electron chi connectivity index (χ1n) is 6.07. The number of hydrogen-bond acceptors (Lipinski definition) is 5. The smallest absolute Gasteiger partial charge is 0.341 e. The SMILES string of the molecule is O=C1OC2(C=COC=C2)c2c1cnc1cccc(O)c21. The number of aromatic hydroxyl groups is 1. The highest BCUT2D eigenvalue weighted by Crippen LogP contribution is 2.45. The van der Waals surface area contributed by atoms with Crippen LogP contribution in [-0.4, -0.2) is 16.1 Å². The second-order valence-corrected chi connectivity index (χ2v) is 4.64. The first-order chi connectivity index (χ1) is 9.71. The number of hydrogen-bond donors (Lipinski definition) is 1. The van der Waals surface area contributed by atoms with Crippen LogP contribution in [0.25, 0.3) is 10.9 Å². The Kier molecular flexibility index (Phi) is 1.99. The Hall–Kier alpha value is -2.82. The monoisotopic (exact) mass is 267 g/mol. The molecule has 0 aliphatic carbocycles. The van der Waals surface area contributed by atoms with Crippen LogP contribution < -0.4 is 0 Å². The number of nitrogens with zero attached hydrogens (tertiary/aromatic N) is 1. The van der Waals surface area contributed by atoms with Gasteiger partial charge in [0.2, 0.25) is 0 Å². The molecule has 0 bridgehead atoms. The Balaban J connectivity index is 2.16. The van der Waals surface area contributed by atoms with Gasteiger partial charge >= 0.3 is 5.97 Å². The van der Waals surface area contributed by atoms with Gasteiger partial charge in [-0.2, -0.15) is 0 Å². The Morgan fingerprint density at radius 1 is 1.20 bits per heavy atom. The largest absolute Gasteiger partial charge is 0.507 e. The third-order valence-corrected chi connectivity index (χ3v) is 3.53. The summed E-state index contributed by atoms with van der Waals surface area (Å²) in [5, 5.41) is 10.7. The molecule has 1 aromatic carbocycles. The highest BCUT2D eigenvalue weighted by molar-refractivity contribution is 6.03. The predicted molar refractivity (Wildman–Crippen MR) is 69.9 cm³/mol. The van der Waals surface area contributed by atoms with Gasteiger partial charge in [0, 0.05) is 23.9 Å². The first-order valence-corrected chi connectivity index (χ1v) is 6.07. The summed E-state index contributed by atoms with van der Waals surface area (Å²) in [7, 11) is 0. The van der Waals surface area contributed by atoms with Gasteiger partial charge in [0.05, 0.1) is 29.0 Å². The van der Waals surface area contributed by atoms with Crippen LogP contribution in [0.4, 0.5) is 0 Å². The molecule has 20 heavy (non-hydrogen) atoms. The van der Waals surface area contributed by atoms with Crippen molar-refractivity contribution in [3.05, 3.63) is 60.2 Å². The molecule has 2 aliphatic heterocycles. The number of carbonyl (C=O) groups is 1. The number of phenolic OH excluding ortho intramolecular Hbond substituents is 1. The fourth-order valence-electron chi connectivity index (χ4n) is 2.66. The van der Waals surface area contributed by atoms with Crippen LogP contribution >= 0.6 is 0 Å². The molecule has 5 heteroatoms. The molecule has 5 nitrogen and oxygen atoms in total. The van der Waals surface area contributed by atoms with E-state index < -0.39 is 11.6 Å². The molecule has 0 amide bonds. The molecular formula is C15H9NO4. The van der Waals surface area contributed by atoms with Crippen molar-refractivity contribution in [3.8, 4) is 5.75 Å². The molecule has 1 aromatic heterocycles. The fourth-order valence-corrected chi connectivity index (χ4v) is 2.66. The van der Waals surface area contributed by atoms with Crippen molar-refractivity contribution in [2.45, 2.75) is 5.60 Å². The standard InChI is InChI=1S/C15H9NO4/c17-11-3-1-2-10-12(11)13-9(8-16-10)14(18)20-15(13)4-6-19-7-5-15/h1-8,17H. The van der Waals surface area contributed by atoms with Crippen molar-refractivity contribution in [3.63, 3.8) is 0 Å². The van der Waals surface area contributed by atoms with Crippen LogP contribution in [0.5, 0.6) is 5.75 Å². The van der Waals surface area contributed by atoms with Gasteiger partial charge in [-0.15, -0.1) is 0 Å². The van der Waals surface area contributed by atoms with E-state index >= 15 is 0 Å². The van der Waals surface area contributed by atoms with Crippen LogP contribution in [0.15, 0.2) is 49.1 Å². The average Bonchev–Trinajstić information content (AvgIpc) is 2.73. The topological polar surface area (TPSA) is 68.7 Å². The molecule has 0 saturated heterocycles. The minimum Gasteiger partial charge on any atom is -0.507 e. The van der Waals surface area contributed by atoms with Gasteiger partial charge in [-0.1, -0.05) is 6.07 Å². The summed E-state index contributed by atoms with van der Waals surface area (Å²) in [5.41, 5.74) is 0.524. The van der Waals surface area contributed by atoms with E-state index in [2.05, 4.69) is 4.98 Å². The van der Waals surface area contributed by atoms with Gasteiger partial charge < -0.3 is 14.6 Å². The molecule has 0 fully saturated rings. The van der Waals surface area contributed by atoms with Crippen LogP contribution in [0.3, 0.4) is 0 Å². The number of pyridine rings is 1. The maximum absolute atomic E-state index is 12.0. The van der Waals surface area contributed by atoms with E-state index in [1.807, 2.05) is 0 Å². The lowest BCUT2D eigenvalue weighted by Gasteiger charge is -2.24. The molecule has 98 valence electrons. The lowest BCUT2D eigenvalue weighted by Crippen LogP contribution is -2.22. The number of aromatic nitrogens is 1. The predicted octanol–water partition coefficient (Wildman–Crippen LogP) is 2.36. The van der Waals surface area contributed by atoms with Crippen LogP contribution in [0.2, 0.25) is 0 Å². The quantitative estimate of drug-likeness (QED) is 0.742. The van der Waals surface area contributed by atoms with E-state index in [9.17, 15) is 9.90 Å². The van der Waals surface area contributed by atoms with Crippen molar-refractivity contribution in [1.82, 2.24) is 4.98 Å². The van der Waals surface area contributed by atoms with E-state index in [-0.39, 0.29) is 5.75 Å². The molecule has 0 saturated carbocycles. The zero-order chi connectivity index (χ0) is 13.7. The van der Waals surface area contributed by atoms with Crippen LogP contribution in [0, 0.1) is 0 Å². The summed E-state index contributed by atoms with van der Waals surface area (Å²) in [5.74, 6) is -0.397. The molecule has 0 unspecified atom stereocenters. The van der Waals surface area contributed by atoms with Crippen LogP contribution in [-0.2, 0) is 15.1 Å². The fraction of sp³-hybridized carbons (Fsp3) is 0.0667. The molecule has 1 spiro atoms. The number of benzene rings is 1. The number of rotatable bonds is 0. The minimum absolute atomic E-state index is 0.0674. The van der Waals surface area contributed by atoms with Gasteiger partial charge in [-0.05, 0) is 12.1 Å². The van der Waals surface area contributed by atoms with Crippen molar-refractivity contribution in [2.75, 3.05) is 0 Å².